The number of ketones is 1. The summed E-state index contributed by atoms with van der Waals surface area (Å²) in [5, 5.41) is 3.30. The molecule has 2 aromatic carbocycles. The number of carbonyl (C=O) groups excluding carboxylic acids is 3. The van der Waals surface area contributed by atoms with Gasteiger partial charge >= 0.3 is 18.4 Å². The molecule has 190 valence electrons. The number of ether oxygens (including phenoxy) is 1. The van der Waals surface area contributed by atoms with E-state index >= 15 is 0 Å². The van der Waals surface area contributed by atoms with E-state index in [1.54, 1.807) is 20.8 Å². The van der Waals surface area contributed by atoms with E-state index in [4.69, 9.17) is 9.57 Å². The highest BCUT2D eigenvalue weighted by Crippen LogP contribution is 2.22. The maximum atomic E-state index is 12.6. The van der Waals surface area contributed by atoms with Gasteiger partial charge in [-0.25, -0.2) is 9.59 Å². The molecule has 0 aliphatic rings. The summed E-state index contributed by atoms with van der Waals surface area (Å²) >= 11 is 3.35. The van der Waals surface area contributed by atoms with E-state index in [1.807, 2.05) is 24.3 Å². The first-order valence-electron chi connectivity index (χ1n) is 10.7. The van der Waals surface area contributed by atoms with Crippen LogP contribution in [-0.4, -0.2) is 47.9 Å². The number of hydrogen-bond acceptors (Lipinski definition) is 5. The summed E-state index contributed by atoms with van der Waals surface area (Å²) in [6.45, 7) is 5.09. The molecule has 7 nitrogen and oxygen atoms in total. The monoisotopic (exact) mass is 558 g/mol. The Kier molecular flexibility index (Phi) is 9.70. The summed E-state index contributed by atoms with van der Waals surface area (Å²) in [5.41, 5.74) is 0.171. The second-order valence-electron chi connectivity index (χ2n) is 8.54. The van der Waals surface area contributed by atoms with E-state index in [-0.39, 0.29) is 19.5 Å². The molecule has 0 saturated carbocycles. The van der Waals surface area contributed by atoms with Crippen LogP contribution in [0.1, 0.15) is 42.3 Å². The highest BCUT2D eigenvalue weighted by Gasteiger charge is 2.39. The molecule has 0 aromatic heterocycles. The Balaban J connectivity index is 1.97. The number of carbonyl (C=O) groups is 3. The van der Waals surface area contributed by atoms with Gasteiger partial charge in [-0.3, -0.25) is 4.79 Å². The Bertz CT molecular complexity index is 1020. The number of alkyl halides is 3. The molecule has 2 amide bonds. The third-order valence-electron chi connectivity index (χ3n) is 4.46. The smallest absolute Gasteiger partial charge is 0.442 e. The number of halogens is 4. The molecule has 0 aliphatic carbocycles. The molecule has 0 fully saturated rings. The van der Waals surface area contributed by atoms with Crippen molar-refractivity contribution >= 4 is 33.9 Å². The Morgan fingerprint density at radius 3 is 2.00 bits per heavy atom. The minimum absolute atomic E-state index is 0.123. The molecule has 0 heterocycles. The molecule has 0 radical (unpaired) electrons. The van der Waals surface area contributed by atoms with Crippen LogP contribution in [0.5, 0.6) is 0 Å². The summed E-state index contributed by atoms with van der Waals surface area (Å²) in [6.07, 6.45) is -6.05. The molecular weight excluding hydrogens is 533 g/mol. The zero-order valence-electron chi connectivity index (χ0n) is 19.4. The van der Waals surface area contributed by atoms with Crippen molar-refractivity contribution in [3.8, 4) is 0 Å². The summed E-state index contributed by atoms with van der Waals surface area (Å²) in [6, 6.07) is 12.3. The van der Waals surface area contributed by atoms with E-state index in [0.717, 1.165) is 27.2 Å². The fraction of sp³-hybridized carbons (Fsp3) is 0.375. The number of benzene rings is 2. The lowest BCUT2D eigenvalue weighted by Crippen LogP contribution is -2.42. The van der Waals surface area contributed by atoms with Crippen molar-refractivity contribution in [2.24, 2.45) is 0 Å². The SMILES string of the molecule is CC(C)(C)OC(=O)N(CCc1ccc(C(=O)C(F)(F)F)cc1)OC(=O)NCCc1ccc(Br)cc1. The van der Waals surface area contributed by atoms with Gasteiger partial charge in [0.25, 0.3) is 5.78 Å². The number of hydroxylamine groups is 2. The first-order valence-corrected chi connectivity index (χ1v) is 11.4. The second kappa shape index (κ2) is 12.1. The molecule has 35 heavy (non-hydrogen) atoms. The van der Waals surface area contributed by atoms with Crippen molar-refractivity contribution in [1.82, 2.24) is 10.4 Å². The lowest BCUT2D eigenvalue weighted by atomic mass is 10.1. The molecule has 0 unspecified atom stereocenters. The fourth-order valence-corrected chi connectivity index (χ4v) is 3.06. The second-order valence-corrected chi connectivity index (χ2v) is 9.45. The molecule has 2 rings (SSSR count). The predicted molar refractivity (Wildman–Crippen MR) is 126 cm³/mol. The highest BCUT2D eigenvalue weighted by atomic mass is 79.9. The van der Waals surface area contributed by atoms with Crippen LogP contribution in [0.25, 0.3) is 0 Å². The maximum absolute atomic E-state index is 12.6. The summed E-state index contributed by atoms with van der Waals surface area (Å²) in [4.78, 5) is 41.2. The largest absolute Gasteiger partial charge is 0.454 e. The van der Waals surface area contributed by atoms with Gasteiger partial charge in [-0.05, 0) is 56.9 Å². The summed E-state index contributed by atoms with van der Waals surface area (Å²) in [5.74, 6) is -1.94. The van der Waals surface area contributed by atoms with Gasteiger partial charge in [-0.15, -0.1) is 5.06 Å². The standard InChI is InChI=1S/C24H26BrF3N2O5/c1-23(2,3)34-22(33)30(35-21(32)29-14-12-16-6-10-19(25)11-7-16)15-13-17-4-8-18(9-5-17)20(31)24(26,27)28/h4-11H,12-15H2,1-3H3,(H,29,32). The van der Waals surface area contributed by atoms with Crippen molar-refractivity contribution in [1.29, 1.82) is 0 Å². The zero-order valence-corrected chi connectivity index (χ0v) is 21.0. The molecule has 2 aromatic rings. The van der Waals surface area contributed by atoms with Crippen LogP contribution in [0.15, 0.2) is 53.0 Å². The van der Waals surface area contributed by atoms with Crippen LogP contribution >= 0.6 is 15.9 Å². The maximum Gasteiger partial charge on any atom is 0.454 e. The highest BCUT2D eigenvalue weighted by molar-refractivity contribution is 9.10. The topological polar surface area (TPSA) is 84.9 Å². The fourth-order valence-electron chi connectivity index (χ4n) is 2.80. The summed E-state index contributed by atoms with van der Waals surface area (Å²) < 4.78 is 43.9. The van der Waals surface area contributed by atoms with Gasteiger partial charge in [-0.2, -0.15) is 13.2 Å². The van der Waals surface area contributed by atoms with Crippen molar-refractivity contribution in [3.63, 3.8) is 0 Å². The van der Waals surface area contributed by atoms with Crippen molar-refractivity contribution in [2.75, 3.05) is 13.1 Å². The van der Waals surface area contributed by atoms with E-state index in [9.17, 15) is 27.6 Å². The molecule has 0 aliphatic heterocycles. The number of amides is 2. The minimum Gasteiger partial charge on any atom is -0.442 e. The van der Waals surface area contributed by atoms with Crippen LogP contribution in [0.2, 0.25) is 0 Å². The lowest BCUT2D eigenvalue weighted by molar-refractivity contribution is -0.0996. The van der Waals surface area contributed by atoms with Gasteiger partial charge < -0.3 is 14.9 Å². The van der Waals surface area contributed by atoms with E-state index in [1.165, 1.54) is 12.1 Å². The number of Topliss-reactive ketones (excluding diaryl/α,β-unsaturated/α-hetero) is 1. The van der Waals surface area contributed by atoms with Crippen LogP contribution in [0, 0.1) is 0 Å². The normalized spacial score (nSPS) is 11.5. The summed E-state index contributed by atoms with van der Waals surface area (Å²) in [7, 11) is 0. The molecule has 0 atom stereocenters. The van der Waals surface area contributed by atoms with Gasteiger partial charge in [-0.1, -0.05) is 52.3 Å². The zero-order chi connectivity index (χ0) is 26.2. The number of rotatable bonds is 7. The average molecular weight is 559 g/mol. The molecule has 1 N–H and O–H groups in total. The Labute approximate surface area is 209 Å². The van der Waals surface area contributed by atoms with Gasteiger partial charge in [0.05, 0.1) is 6.54 Å². The molecule has 11 heteroatoms. The number of nitrogens with zero attached hydrogens (tertiary/aromatic N) is 1. The Hall–Kier alpha value is -3.08. The van der Waals surface area contributed by atoms with E-state index in [2.05, 4.69) is 21.2 Å². The first kappa shape index (κ1) is 28.2. The van der Waals surface area contributed by atoms with Crippen LogP contribution < -0.4 is 5.32 Å². The van der Waals surface area contributed by atoms with Crippen molar-refractivity contribution in [3.05, 3.63) is 69.7 Å². The van der Waals surface area contributed by atoms with E-state index < -0.39 is 35.3 Å². The average Bonchev–Trinajstić information content (AvgIpc) is 2.76. The first-order chi connectivity index (χ1) is 16.2. The predicted octanol–water partition coefficient (Wildman–Crippen LogP) is 5.86. The Morgan fingerprint density at radius 1 is 0.914 bits per heavy atom. The Morgan fingerprint density at radius 2 is 1.46 bits per heavy atom. The number of hydrogen-bond donors (Lipinski definition) is 1. The van der Waals surface area contributed by atoms with Gasteiger partial charge in [0, 0.05) is 16.6 Å². The van der Waals surface area contributed by atoms with Crippen LogP contribution in [-0.2, 0) is 22.4 Å². The van der Waals surface area contributed by atoms with Gasteiger partial charge in [0.1, 0.15) is 5.60 Å². The quantitative estimate of drug-likeness (QED) is 0.340. The van der Waals surface area contributed by atoms with Crippen LogP contribution in [0.4, 0.5) is 22.8 Å². The van der Waals surface area contributed by atoms with Gasteiger partial charge in [0.15, 0.2) is 0 Å². The van der Waals surface area contributed by atoms with E-state index in [0.29, 0.717) is 12.0 Å². The molecular formula is C24H26BrF3N2O5. The third kappa shape index (κ3) is 9.97. The van der Waals surface area contributed by atoms with Gasteiger partial charge in [0.2, 0.25) is 0 Å². The molecule has 0 bridgehead atoms. The molecule has 0 saturated heterocycles. The van der Waals surface area contributed by atoms with Crippen LogP contribution in [0.3, 0.4) is 0 Å². The number of nitrogens with one attached hydrogen (secondary N) is 1. The van der Waals surface area contributed by atoms with Crippen molar-refractivity contribution < 1.29 is 37.1 Å². The van der Waals surface area contributed by atoms with Crippen molar-refractivity contribution in [2.45, 2.75) is 45.4 Å². The lowest BCUT2D eigenvalue weighted by Gasteiger charge is -2.26. The third-order valence-corrected chi connectivity index (χ3v) is 4.99. The molecule has 0 spiro atoms. The minimum atomic E-state index is -4.96.